The molecule has 1 aliphatic carbocycles. The topological polar surface area (TPSA) is 76.5 Å². The second kappa shape index (κ2) is 6.05. The highest BCUT2D eigenvalue weighted by atomic mass is 16.5. The number of nitrogens with zero attached hydrogens (tertiary/aromatic N) is 3. The molecule has 2 aliphatic heterocycles. The summed E-state index contributed by atoms with van der Waals surface area (Å²) in [5.41, 5.74) is -0.396. The molecule has 0 unspecified atom stereocenters. The van der Waals surface area contributed by atoms with Crippen LogP contribution in [0.5, 0.6) is 0 Å². The standard InChI is InChI=1S/C16H22N4O3/c21-15(9-19-5-1-4-17-16(19)22)18-12-6-13-10-23-14(11-2-3-11)8-20(13)7-12/h1,4-5,11-14H,2-3,6-10H2,(H,18,21)/t12-,13+,14+/m1/s1. The van der Waals surface area contributed by atoms with Gasteiger partial charge >= 0.3 is 5.69 Å². The molecule has 7 heteroatoms. The summed E-state index contributed by atoms with van der Waals surface area (Å²) in [4.78, 5) is 29.8. The van der Waals surface area contributed by atoms with Crippen LogP contribution in [-0.2, 0) is 16.1 Å². The fourth-order valence-corrected chi connectivity index (χ4v) is 3.69. The Morgan fingerprint density at radius 1 is 1.39 bits per heavy atom. The van der Waals surface area contributed by atoms with Crippen LogP contribution in [0.2, 0.25) is 0 Å². The van der Waals surface area contributed by atoms with Crippen LogP contribution in [0.15, 0.2) is 23.3 Å². The van der Waals surface area contributed by atoms with Crippen molar-refractivity contribution < 1.29 is 9.53 Å². The number of amides is 1. The van der Waals surface area contributed by atoms with Gasteiger partial charge in [-0.1, -0.05) is 0 Å². The van der Waals surface area contributed by atoms with Crippen molar-refractivity contribution >= 4 is 5.91 Å². The highest BCUT2D eigenvalue weighted by molar-refractivity contribution is 5.76. The van der Waals surface area contributed by atoms with Gasteiger partial charge in [-0.05, 0) is 31.2 Å². The van der Waals surface area contributed by atoms with Crippen molar-refractivity contribution in [3.05, 3.63) is 28.9 Å². The third-order valence-electron chi connectivity index (χ3n) is 5.05. The zero-order valence-corrected chi connectivity index (χ0v) is 13.1. The summed E-state index contributed by atoms with van der Waals surface area (Å²) in [5.74, 6) is 0.617. The summed E-state index contributed by atoms with van der Waals surface area (Å²) in [6, 6.07) is 2.21. The van der Waals surface area contributed by atoms with E-state index in [0.29, 0.717) is 12.1 Å². The lowest BCUT2D eigenvalue weighted by Crippen LogP contribution is -2.47. The van der Waals surface area contributed by atoms with Crippen molar-refractivity contribution in [1.82, 2.24) is 19.8 Å². The normalized spacial score (nSPS) is 30.9. The summed E-state index contributed by atoms with van der Waals surface area (Å²) < 4.78 is 7.30. The lowest BCUT2D eigenvalue weighted by Gasteiger charge is -2.35. The Morgan fingerprint density at radius 3 is 3.04 bits per heavy atom. The van der Waals surface area contributed by atoms with Crippen molar-refractivity contribution in [3.8, 4) is 0 Å². The van der Waals surface area contributed by atoms with E-state index in [1.54, 1.807) is 12.3 Å². The van der Waals surface area contributed by atoms with Crippen LogP contribution in [0.3, 0.4) is 0 Å². The minimum absolute atomic E-state index is 0.0229. The fraction of sp³-hybridized carbons (Fsp3) is 0.688. The summed E-state index contributed by atoms with van der Waals surface area (Å²) in [5, 5.41) is 3.05. The number of carbonyl (C=O) groups excluding carboxylic acids is 1. The van der Waals surface area contributed by atoms with E-state index in [-0.39, 0.29) is 18.5 Å². The minimum atomic E-state index is -0.396. The second-order valence-electron chi connectivity index (χ2n) is 6.85. The molecule has 1 aromatic heterocycles. The van der Waals surface area contributed by atoms with E-state index in [9.17, 15) is 9.59 Å². The van der Waals surface area contributed by atoms with E-state index in [1.165, 1.54) is 23.6 Å². The predicted molar refractivity (Wildman–Crippen MR) is 82.9 cm³/mol. The summed E-state index contributed by atoms with van der Waals surface area (Å²) in [7, 11) is 0. The maximum Gasteiger partial charge on any atom is 0.347 e. The predicted octanol–water partition coefficient (Wildman–Crippen LogP) is -0.389. The number of hydrogen-bond donors (Lipinski definition) is 1. The molecular weight excluding hydrogens is 296 g/mol. The van der Waals surface area contributed by atoms with Gasteiger partial charge in [0.1, 0.15) is 6.54 Å². The maximum atomic E-state index is 12.2. The van der Waals surface area contributed by atoms with Gasteiger partial charge in [0.2, 0.25) is 5.91 Å². The maximum absolute atomic E-state index is 12.2. The molecule has 1 N–H and O–H groups in total. The highest BCUT2D eigenvalue weighted by Crippen LogP contribution is 2.37. The highest BCUT2D eigenvalue weighted by Gasteiger charge is 2.42. The van der Waals surface area contributed by atoms with Crippen LogP contribution in [-0.4, -0.2) is 58.2 Å². The Bertz CT molecular complexity index is 642. The largest absolute Gasteiger partial charge is 0.375 e. The Kier molecular flexibility index (Phi) is 3.90. The molecule has 0 radical (unpaired) electrons. The number of rotatable bonds is 4. The van der Waals surface area contributed by atoms with Crippen LogP contribution in [0, 0.1) is 5.92 Å². The van der Waals surface area contributed by atoms with Crippen LogP contribution in [0.25, 0.3) is 0 Å². The van der Waals surface area contributed by atoms with E-state index < -0.39 is 5.69 Å². The van der Waals surface area contributed by atoms with Gasteiger partial charge < -0.3 is 10.1 Å². The molecule has 23 heavy (non-hydrogen) atoms. The molecule has 0 bridgehead atoms. The molecule has 1 aromatic rings. The molecule has 4 rings (SSSR count). The molecule has 3 aliphatic rings. The molecule has 124 valence electrons. The first-order chi connectivity index (χ1) is 11.2. The molecule has 0 aromatic carbocycles. The van der Waals surface area contributed by atoms with E-state index in [1.807, 2.05) is 0 Å². The van der Waals surface area contributed by atoms with Gasteiger partial charge in [0.15, 0.2) is 0 Å². The average Bonchev–Trinajstić information content (AvgIpc) is 3.30. The number of aromatic nitrogens is 2. The molecule has 1 amide bonds. The quantitative estimate of drug-likeness (QED) is 0.818. The van der Waals surface area contributed by atoms with Crippen molar-refractivity contribution in [2.45, 2.75) is 44.0 Å². The van der Waals surface area contributed by atoms with Gasteiger partial charge in [0, 0.05) is 37.6 Å². The van der Waals surface area contributed by atoms with Gasteiger partial charge in [-0.15, -0.1) is 0 Å². The lowest BCUT2D eigenvalue weighted by atomic mass is 10.1. The number of morpholine rings is 1. The van der Waals surface area contributed by atoms with E-state index in [0.717, 1.165) is 32.0 Å². The Hall–Kier alpha value is -1.73. The molecule has 3 fully saturated rings. The SMILES string of the molecule is O=C(Cn1cccnc1=O)N[C@@H]1C[C@H]2CO[C@H](C3CC3)CN2C1. The third kappa shape index (κ3) is 3.30. The molecule has 2 saturated heterocycles. The summed E-state index contributed by atoms with van der Waals surface area (Å²) in [6.07, 6.45) is 6.91. The van der Waals surface area contributed by atoms with Crippen LogP contribution in [0.4, 0.5) is 0 Å². The first kappa shape index (κ1) is 14.8. The van der Waals surface area contributed by atoms with Crippen molar-refractivity contribution in [3.63, 3.8) is 0 Å². The number of hydrogen-bond acceptors (Lipinski definition) is 5. The first-order valence-electron chi connectivity index (χ1n) is 8.35. The van der Waals surface area contributed by atoms with E-state index in [2.05, 4.69) is 15.2 Å². The average molecular weight is 318 g/mol. The van der Waals surface area contributed by atoms with Gasteiger partial charge in [-0.25, -0.2) is 9.78 Å². The van der Waals surface area contributed by atoms with Crippen molar-refractivity contribution in [2.24, 2.45) is 5.92 Å². The van der Waals surface area contributed by atoms with Crippen LogP contribution in [0.1, 0.15) is 19.3 Å². The minimum Gasteiger partial charge on any atom is -0.375 e. The Labute approximate surface area is 134 Å². The molecular formula is C16H22N4O3. The molecule has 7 nitrogen and oxygen atoms in total. The monoisotopic (exact) mass is 318 g/mol. The summed E-state index contributed by atoms with van der Waals surface area (Å²) >= 11 is 0. The van der Waals surface area contributed by atoms with Crippen LogP contribution >= 0.6 is 0 Å². The van der Waals surface area contributed by atoms with Crippen molar-refractivity contribution in [1.29, 1.82) is 0 Å². The lowest BCUT2D eigenvalue weighted by molar-refractivity contribution is -0.122. The van der Waals surface area contributed by atoms with Gasteiger partial charge in [-0.2, -0.15) is 0 Å². The molecule has 3 heterocycles. The molecule has 0 spiro atoms. The van der Waals surface area contributed by atoms with E-state index in [4.69, 9.17) is 4.74 Å². The Balaban J connectivity index is 1.31. The number of fused-ring (bicyclic) bond motifs is 1. The molecule has 1 saturated carbocycles. The zero-order chi connectivity index (χ0) is 15.8. The smallest absolute Gasteiger partial charge is 0.347 e. The third-order valence-corrected chi connectivity index (χ3v) is 5.05. The van der Waals surface area contributed by atoms with Crippen molar-refractivity contribution in [2.75, 3.05) is 19.7 Å². The van der Waals surface area contributed by atoms with Gasteiger partial charge in [0.25, 0.3) is 0 Å². The second-order valence-corrected chi connectivity index (χ2v) is 6.85. The fourth-order valence-electron chi connectivity index (χ4n) is 3.69. The first-order valence-corrected chi connectivity index (χ1v) is 8.35. The number of carbonyl (C=O) groups is 1. The van der Waals surface area contributed by atoms with E-state index >= 15 is 0 Å². The number of nitrogens with one attached hydrogen (secondary N) is 1. The molecule has 3 atom stereocenters. The van der Waals surface area contributed by atoms with Gasteiger partial charge in [-0.3, -0.25) is 14.3 Å². The zero-order valence-electron chi connectivity index (χ0n) is 13.1. The van der Waals surface area contributed by atoms with Gasteiger partial charge in [0.05, 0.1) is 12.7 Å². The Morgan fingerprint density at radius 2 is 2.26 bits per heavy atom. The number of ether oxygens (including phenoxy) is 1. The van der Waals surface area contributed by atoms with Crippen LogP contribution < -0.4 is 11.0 Å². The summed E-state index contributed by atoms with van der Waals surface area (Å²) in [6.45, 7) is 2.67.